The fourth-order valence-corrected chi connectivity index (χ4v) is 4.61. The molecule has 1 fully saturated rings. The van der Waals surface area contributed by atoms with Crippen LogP contribution in [0, 0.1) is 0 Å². The molecule has 0 amide bonds. The summed E-state index contributed by atoms with van der Waals surface area (Å²) in [5, 5.41) is 0. The van der Waals surface area contributed by atoms with Gasteiger partial charge in [0.25, 0.3) is 0 Å². The first-order valence-electron chi connectivity index (χ1n) is 13.0. The summed E-state index contributed by atoms with van der Waals surface area (Å²) >= 11 is 0. The van der Waals surface area contributed by atoms with Crippen LogP contribution in [0.1, 0.15) is 22.3 Å². The molecular weight excluding hydrogens is 504 g/mol. The van der Waals surface area contributed by atoms with Crippen molar-refractivity contribution in [3.05, 3.63) is 131 Å². The fourth-order valence-electron chi connectivity index (χ4n) is 4.61. The number of aliphatic imine (C=N–C) groups is 2. The molecule has 1 heterocycles. The maximum absolute atomic E-state index is 6.24. The molecule has 1 aliphatic heterocycles. The highest BCUT2D eigenvalue weighted by Crippen LogP contribution is 2.22. The van der Waals surface area contributed by atoms with E-state index < -0.39 is 0 Å². The van der Waals surface area contributed by atoms with E-state index in [4.69, 9.17) is 11.5 Å². The van der Waals surface area contributed by atoms with Gasteiger partial charge in [0.1, 0.15) is 11.7 Å². The van der Waals surface area contributed by atoms with Crippen LogP contribution in [-0.4, -0.2) is 37.9 Å². The number of rotatable bonds is 8. The van der Waals surface area contributed by atoms with Gasteiger partial charge in [0, 0.05) is 48.7 Å². The number of nitrogens with two attached hydrogens (primary N) is 2. The first-order chi connectivity index (χ1) is 18.7. The number of anilines is 2. The second-order valence-corrected chi connectivity index (χ2v) is 9.44. The van der Waals surface area contributed by atoms with Gasteiger partial charge >= 0.3 is 0 Å². The van der Waals surface area contributed by atoms with E-state index in [2.05, 4.69) is 92.6 Å². The molecule has 5 rings (SSSR count). The Morgan fingerprint density at radius 3 is 1.18 bits per heavy atom. The van der Waals surface area contributed by atoms with Crippen molar-refractivity contribution >= 4 is 35.5 Å². The minimum absolute atomic E-state index is 0. The third-order valence-corrected chi connectivity index (χ3v) is 6.89. The number of hydrogen-bond donors (Lipinski definition) is 2. The van der Waals surface area contributed by atoms with Crippen LogP contribution in [0.15, 0.2) is 119 Å². The Labute approximate surface area is 237 Å². The van der Waals surface area contributed by atoms with Gasteiger partial charge in [0.2, 0.25) is 0 Å². The molecule has 1 saturated heterocycles. The van der Waals surface area contributed by atoms with E-state index in [9.17, 15) is 0 Å². The smallest absolute Gasteiger partial charge is 0.125 e. The molecule has 0 unspecified atom stereocenters. The molecule has 4 N–H and O–H groups in total. The van der Waals surface area contributed by atoms with E-state index in [1.54, 1.807) is 0 Å². The molecule has 0 bridgehead atoms. The molecule has 4 aromatic carbocycles. The zero-order valence-corrected chi connectivity index (χ0v) is 22.8. The molecule has 4 aromatic rings. The fraction of sp³-hybridized carbons (Fsp3) is 0.188. The van der Waals surface area contributed by atoms with Crippen LogP contribution >= 0.6 is 12.4 Å². The zero-order valence-electron chi connectivity index (χ0n) is 22.0. The van der Waals surface area contributed by atoms with Crippen molar-refractivity contribution in [2.24, 2.45) is 21.5 Å². The minimum atomic E-state index is 0. The summed E-state index contributed by atoms with van der Waals surface area (Å²) in [6, 6.07) is 37.1. The van der Waals surface area contributed by atoms with Gasteiger partial charge in [-0.2, -0.15) is 0 Å². The van der Waals surface area contributed by atoms with Gasteiger partial charge < -0.3 is 21.3 Å². The summed E-state index contributed by atoms with van der Waals surface area (Å²) in [7, 11) is 0. The molecular formula is C32H35ClN6. The summed E-state index contributed by atoms with van der Waals surface area (Å²) < 4.78 is 0. The second kappa shape index (κ2) is 13.5. The van der Waals surface area contributed by atoms with Crippen LogP contribution in [0.3, 0.4) is 0 Å². The third-order valence-electron chi connectivity index (χ3n) is 6.89. The average Bonchev–Trinajstić information content (AvgIpc) is 3.00. The van der Waals surface area contributed by atoms with E-state index in [1.807, 2.05) is 36.4 Å². The largest absolute Gasteiger partial charge is 0.383 e. The van der Waals surface area contributed by atoms with Crippen LogP contribution < -0.4 is 21.3 Å². The lowest BCUT2D eigenvalue weighted by Gasteiger charge is -2.37. The van der Waals surface area contributed by atoms with Crippen molar-refractivity contribution in [3.8, 4) is 0 Å². The number of benzene rings is 4. The summed E-state index contributed by atoms with van der Waals surface area (Å²) in [6.07, 6.45) is 0. The molecule has 0 atom stereocenters. The number of halogens is 1. The van der Waals surface area contributed by atoms with Crippen LogP contribution in [-0.2, 0) is 13.1 Å². The van der Waals surface area contributed by atoms with E-state index in [1.165, 1.54) is 11.4 Å². The van der Waals surface area contributed by atoms with Crippen molar-refractivity contribution in [1.29, 1.82) is 0 Å². The molecule has 0 aliphatic carbocycles. The first-order valence-corrected chi connectivity index (χ1v) is 13.0. The maximum atomic E-state index is 6.24. The Morgan fingerprint density at radius 2 is 0.846 bits per heavy atom. The molecule has 200 valence electrons. The molecule has 0 spiro atoms. The Kier molecular flexibility index (Phi) is 9.59. The summed E-state index contributed by atoms with van der Waals surface area (Å²) in [4.78, 5) is 13.9. The van der Waals surface area contributed by atoms with Crippen LogP contribution in [0.2, 0.25) is 0 Å². The Morgan fingerprint density at radius 1 is 0.513 bits per heavy atom. The van der Waals surface area contributed by atoms with Gasteiger partial charge in [-0.25, -0.2) is 0 Å². The number of piperazine rings is 1. The molecule has 39 heavy (non-hydrogen) atoms. The SMILES string of the molecule is Cl.NC(=NCc1ccccc1)c1ccc(N2CCN(c3ccc(C(N)=NCc4ccccc4)cc3)CC2)cc1. The number of amidine groups is 2. The Bertz CT molecular complexity index is 1250. The van der Waals surface area contributed by atoms with Crippen LogP contribution in [0.4, 0.5) is 11.4 Å². The average molecular weight is 539 g/mol. The normalized spacial score (nSPS) is 14.2. The van der Waals surface area contributed by atoms with Crippen LogP contribution in [0.25, 0.3) is 0 Å². The lowest BCUT2D eigenvalue weighted by molar-refractivity contribution is 0.653. The molecule has 0 radical (unpaired) electrons. The van der Waals surface area contributed by atoms with Crippen molar-refractivity contribution in [1.82, 2.24) is 0 Å². The van der Waals surface area contributed by atoms with E-state index >= 15 is 0 Å². The lowest BCUT2D eigenvalue weighted by Crippen LogP contribution is -2.46. The topological polar surface area (TPSA) is 83.2 Å². The molecule has 6 nitrogen and oxygen atoms in total. The van der Waals surface area contributed by atoms with Crippen molar-refractivity contribution in [3.63, 3.8) is 0 Å². The molecule has 1 aliphatic rings. The van der Waals surface area contributed by atoms with Gasteiger partial charge in [-0.15, -0.1) is 12.4 Å². The number of nitrogens with zero attached hydrogens (tertiary/aromatic N) is 4. The second-order valence-electron chi connectivity index (χ2n) is 9.44. The van der Waals surface area contributed by atoms with E-state index in [0.717, 1.165) is 48.4 Å². The minimum Gasteiger partial charge on any atom is -0.383 e. The summed E-state index contributed by atoms with van der Waals surface area (Å²) in [5.74, 6) is 1.14. The molecule has 7 heteroatoms. The van der Waals surface area contributed by atoms with Crippen molar-refractivity contribution < 1.29 is 0 Å². The zero-order chi connectivity index (χ0) is 26.2. The molecule has 0 aromatic heterocycles. The van der Waals surface area contributed by atoms with E-state index in [-0.39, 0.29) is 12.4 Å². The Hall–Kier alpha value is -4.29. The first kappa shape index (κ1) is 27.7. The Balaban J connectivity index is 0.00000353. The quantitative estimate of drug-likeness (QED) is 0.237. The van der Waals surface area contributed by atoms with E-state index in [0.29, 0.717) is 24.8 Å². The van der Waals surface area contributed by atoms with Crippen LogP contribution in [0.5, 0.6) is 0 Å². The number of hydrogen-bond acceptors (Lipinski definition) is 4. The summed E-state index contributed by atoms with van der Waals surface area (Å²) in [6.45, 7) is 5.01. The van der Waals surface area contributed by atoms with Crippen molar-refractivity contribution in [2.75, 3.05) is 36.0 Å². The van der Waals surface area contributed by atoms with Gasteiger partial charge in [0.05, 0.1) is 13.1 Å². The standard InChI is InChI=1S/C32H34N6.ClH/c33-31(35-23-25-7-3-1-4-8-25)27-11-15-29(16-12-27)37-19-21-38(22-20-37)30-17-13-28(14-18-30)32(34)36-24-26-9-5-2-6-10-26;/h1-18H,19-24H2,(H2,33,35)(H2,34,36);1H. The monoisotopic (exact) mass is 538 g/mol. The highest BCUT2D eigenvalue weighted by Gasteiger charge is 2.18. The van der Waals surface area contributed by atoms with Gasteiger partial charge in [-0.05, 0) is 59.7 Å². The highest BCUT2D eigenvalue weighted by atomic mass is 35.5. The van der Waals surface area contributed by atoms with Gasteiger partial charge in [-0.1, -0.05) is 60.7 Å². The van der Waals surface area contributed by atoms with Gasteiger partial charge in [0.15, 0.2) is 0 Å². The van der Waals surface area contributed by atoms with Gasteiger partial charge in [-0.3, -0.25) is 9.98 Å². The predicted molar refractivity (Wildman–Crippen MR) is 166 cm³/mol. The maximum Gasteiger partial charge on any atom is 0.125 e. The molecule has 0 saturated carbocycles. The predicted octanol–water partition coefficient (Wildman–Crippen LogP) is 5.25. The highest BCUT2D eigenvalue weighted by molar-refractivity contribution is 5.98. The lowest BCUT2D eigenvalue weighted by atomic mass is 10.1. The van der Waals surface area contributed by atoms with Crippen molar-refractivity contribution in [2.45, 2.75) is 13.1 Å². The summed E-state index contributed by atoms with van der Waals surface area (Å²) in [5.41, 5.74) is 19.1. The third kappa shape index (κ3) is 7.39.